The van der Waals surface area contributed by atoms with Crippen LogP contribution in [0.3, 0.4) is 0 Å². The van der Waals surface area contributed by atoms with Crippen molar-refractivity contribution in [3.05, 3.63) is 59.2 Å². The molecule has 0 radical (unpaired) electrons. The van der Waals surface area contributed by atoms with E-state index in [9.17, 15) is 18.0 Å². The summed E-state index contributed by atoms with van der Waals surface area (Å²) < 4.78 is 52.5. The molecule has 0 atom stereocenters. The number of alkyl carbamates (subject to hydrolysis) is 1. The maximum absolute atomic E-state index is 12.6. The Hall–Kier alpha value is -3.63. The SMILES string of the molecule is COc1cc(-c2noc(C(F)(F)F)n2)ccc1CNC(=O)OCc1cccnc1C. The smallest absolute Gasteiger partial charge is 0.471 e. The highest BCUT2D eigenvalue weighted by Gasteiger charge is 2.38. The van der Waals surface area contributed by atoms with Crippen LogP contribution in [0.25, 0.3) is 11.4 Å². The Labute approximate surface area is 169 Å². The van der Waals surface area contributed by atoms with Crippen molar-refractivity contribution in [3.8, 4) is 17.1 Å². The van der Waals surface area contributed by atoms with Gasteiger partial charge in [-0.05, 0) is 19.1 Å². The van der Waals surface area contributed by atoms with Gasteiger partial charge in [0.15, 0.2) is 0 Å². The van der Waals surface area contributed by atoms with Gasteiger partial charge in [-0.3, -0.25) is 4.98 Å². The van der Waals surface area contributed by atoms with Gasteiger partial charge in [-0.2, -0.15) is 18.2 Å². The maximum Gasteiger partial charge on any atom is 0.471 e. The van der Waals surface area contributed by atoms with Crippen molar-refractivity contribution < 1.29 is 32.0 Å². The Morgan fingerprint density at radius 2 is 2.03 bits per heavy atom. The lowest BCUT2D eigenvalue weighted by atomic mass is 10.1. The van der Waals surface area contributed by atoms with E-state index in [1.165, 1.54) is 19.2 Å². The lowest BCUT2D eigenvalue weighted by molar-refractivity contribution is -0.159. The van der Waals surface area contributed by atoms with Crippen molar-refractivity contribution in [2.45, 2.75) is 26.3 Å². The van der Waals surface area contributed by atoms with Crippen LogP contribution in [0.4, 0.5) is 18.0 Å². The third-order valence-electron chi connectivity index (χ3n) is 4.11. The van der Waals surface area contributed by atoms with Crippen LogP contribution in [0.1, 0.15) is 22.7 Å². The second-order valence-electron chi connectivity index (χ2n) is 6.13. The van der Waals surface area contributed by atoms with Gasteiger partial charge in [-0.1, -0.05) is 23.4 Å². The zero-order valence-electron chi connectivity index (χ0n) is 16.0. The topological polar surface area (TPSA) is 99.4 Å². The number of hydrogen-bond donors (Lipinski definition) is 1. The Bertz CT molecular complexity index is 1040. The number of ether oxygens (including phenoxy) is 2. The van der Waals surface area contributed by atoms with E-state index in [1.807, 2.05) is 6.92 Å². The molecular formula is C19H17F3N4O4. The monoisotopic (exact) mass is 422 g/mol. The second kappa shape index (κ2) is 8.80. The molecule has 0 fully saturated rings. The van der Waals surface area contributed by atoms with Crippen molar-refractivity contribution in [1.82, 2.24) is 20.4 Å². The molecule has 0 unspecified atom stereocenters. The first-order chi connectivity index (χ1) is 14.3. The molecule has 3 aromatic rings. The van der Waals surface area contributed by atoms with Gasteiger partial charge in [0.2, 0.25) is 5.82 Å². The number of benzene rings is 1. The normalized spacial score (nSPS) is 11.2. The zero-order chi connectivity index (χ0) is 21.7. The predicted molar refractivity (Wildman–Crippen MR) is 97.3 cm³/mol. The van der Waals surface area contributed by atoms with E-state index in [-0.39, 0.29) is 24.5 Å². The highest BCUT2D eigenvalue weighted by molar-refractivity contribution is 5.67. The fourth-order valence-corrected chi connectivity index (χ4v) is 2.52. The van der Waals surface area contributed by atoms with Crippen LogP contribution in [0.2, 0.25) is 0 Å². The number of aryl methyl sites for hydroxylation is 1. The Morgan fingerprint density at radius 1 is 1.23 bits per heavy atom. The fourth-order valence-electron chi connectivity index (χ4n) is 2.52. The molecule has 1 aromatic carbocycles. The minimum absolute atomic E-state index is 0.0704. The largest absolute Gasteiger partial charge is 0.496 e. The summed E-state index contributed by atoms with van der Waals surface area (Å²) in [6.07, 6.45) is -3.72. The standard InChI is InChI=1S/C19H17F3N4O4/c1-11-14(4-3-7-23-11)10-29-18(27)24-9-13-6-5-12(8-15(13)28-2)16-25-17(30-26-16)19(20,21)22/h3-8H,9-10H2,1-2H3,(H,24,27). The summed E-state index contributed by atoms with van der Waals surface area (Å²) in [4.78, 5) is 19.4. The van der Waals surface area contributed by atoms with Crippen LogP contribution in [0, 0.1) is 6.92 Å². The average molecular weight is 422 g/mol. The molecule has 0 aliphatic carbocycles. The second-order valence-corrected chi connectivity index (χ2v) is 6.13. The summed E-state index contributed by atoms with van der Waals surface area (Å²) in [6.45, 7) is 1.96. The summed E-state index contributed by atoms with van der Waals surface area (Å²) in [5, 5.41) is 5.92. The third kappa shape index (κ3) is 5.04. The highest BCUT2D eigenvalue weighted by Crippen LogP contribution is 2.31. The summed E-state index contributed by atoms with van der Waals surface area (Å²) in [6, 6.07) is 8.07. The van der Waals surface area contributed by atoms with E-state index in [1.54, 1.807) is 24.4 Å². The zero-order valence-corrected chi connectivity index (χ0v) is 16.0. The number of nitrogens with one attached hydrogen (secondary N) is 1. The molecule has 0 saturated carbocycles. The van der Waals surface area contributed by atoms with E-state index < -0.39 is 18.2 Å². The van der Waals surface area contributed by atoms with Crippen molar-refractivity contribution in [2.24, 2.45) is 0 Å². The molecule has 2 heterocycles. The first-order valence-corrected chi connectivity index (χ1v) is 8.67. The van der Waals surface area contributed by atoms with Crippen molar-refractivity contribution in [2.75, 3.05) is 7.11 Å². The molecule has 158 valence electrons. The number of pyridine rings is 1. The average Bonchev–Trinajstić information content (AvgIpc) is 3.22. The Balaban J connectivity index is 1.63. The van der Waals surface area contributed by atoms with Gasteiger partial charge in [0.05, 0.1) is 7.11 Å². The quantitative estimate of drug-likeness (QED) is 0.643. The number of halogens is 3. The molecular weight excluding hydrogens is 405 g/mol. The van der Waals surface area contributed by atoms with E-state index in [4.69, 9.17) is 9.47 Å². The summed E-state index contributed by atoms with van der Waals surface area (Å²) in [5.41, 5.74) is 2.39. The summed E-state index contributed by atoms with van der Waals surface area (Å²) in [5.74, 6) is -1.34. The van der Waals surface area contributed by atoms with Crippen molar-refractivity contribution >= 4 is 6.09 Å². The van der Waals surface area contributed by atoms with E-state index in [0.717, 1.165) is 11.3 Å². The number of rotatable bonds is 6. The molecule has 0 aliphatic heterocycles. The van der Waals surface area contributed by atoms with Crippen LogP contribution in [0.5, 0.6) is 5.75 Å². The van der Waals surface area contributed by atoms with Gasteiger partial charge in [0.25, 0.3) is 0 Å². The molecule has 0 bridgehead atoms. The molecule has 30 heavy (non-hydrogen) atoms. The maximum atomic E-state index is 12.6. The number of methoxy groups -OCH3 is 1. The first kappa shape index (κ1) is 21.1. The Morgan fingerprint density at radius 3 is 2.70 bits per heavy atom. The van der Waals surface area contributed by atoms with Crippen LogP contribution in [-0.2, 0) is 24.1 Å². The van der Waals surface area contributed by atoms with Crippen molar-refractivity contribution in [3.63, 3.8) is 0 Å². The van der Waals surface area contributed by atoms with E-state index >= 15 is 0 Å². The molecule has 1 N–H and O–H groups in total. The number of carbonyl (C=O) groups is 1. The fraction of sp³-hybridized carbons (Fsp3) is 0.263. The number of amides is 1. The number of alkyl halides is 3. The summed E-state index contributed by atoms with van der Waals surface area (Å²) >= 11 is 0. The van der Waals surface area contributed by atoms with Crippen molar-refractivity contribution in [1.29, 1.82) is 0 Å². The third-order valence-corrected chi connectivity index (χ3v) is 4.11. The van der Waals surface area contributed by atoms with Gasteiger partial charge < -0.3 is 19.3 Å². The van der Waals surface area contributed by atoms with Crippen LogP contribution >= 0.6 is 0 Å². The molecule has 0 spiro atoms. The molecule has 0 saturated heterocycles. The molecule has 1 amide bonds. The highest BCUT2D eigenvalue weighted by atomic mass is 19.4. The molecule has 8 nitrogen and oxygen atoms in total. The molecule has 11 heteroatoms. The predicted octanol–water partition coefficient (Wildman–Crippen LogP) is 3.89. The first-order valence-electron chi connectivity index (χ1n) is 8.67. The Kier molecular flexibility index (Phi) is 6.19. The van der Waals surface area contributed by atoms with Crippen LogP contribution < -0.4 is 10.1 Å². The number of hydrogen-bond acceptors (Lipinski definition) is 7. The molecule has 2 aromatic heterocycles. The number of nitrogens with zero attached hydrogens (tertiary/aromatic N) is 3. The molecule has 0 aliphatic rings. The van der Waals surface area contributed by atoms with Crippen LogP contribution in [-0.4, -0.2) is 28.3 Å². The number of aromatic nitrogens is 3. The van der Waals surface area contributed by atoms with Gasteiger partial charge in [-0.25, -0.2) is 4.79 Å². The van der Waals surface area contributed by atoms with Gasteiger partial charge >= 0.3 is 18.2 Å². The van der Waals surface area contributed by atoms with Gasteiger partial charge in [0.1, 0.15) is 12.4 Å². The van der Waals surface area contributed by atoms with Gasteiger partial charge in [-0.15, -0.1) is 0 Å². The van der Waals surface area contributed by atoms with Gasteiger partial charge in [0, 0.05) is 35.1 Å². The lowest BCUT2D eigenvalue weighted by Gasteiger charge is -2.11. The minimum atomic E-state index is -4.73. The molecule has 3 rings (SSSR count). The summed E-state index contributed by atoms with van der Waals surface area (Å²) in [7, 11) is 1.39. The minimum Gasteiger partial charge on any atom is -0.496 e. The van der Waals surface area contributed by atoms with E-state index in [2.05, 4.69) is 25.0 Å². The van der Waals surface area contributed by atoms with E-state index in [0.29, 0.717) is 11.3 Å². The van der Waals surface area contributed by atoms with Crippen LogP contribution in [0.15, 0.2) is 41.1 Å². The lowest BCUT2D eigenvalue weighted by Crippen LogP contribution is -2.24. The number of carbonyl (C=O) groups excluding carboxylic acids is 1.